The fourth-order valence-corrected chi connectivity index (χ4v) is 4.47. The Morgan fingerprint density at radius 2 is 1.96 bits per heavy atom. The van der Waals surface area contributed by atoms with Gasteiger partial charge in [-0.15, -0.1) is 0 Å². The van der Waals surface area contributed by atoms with Crippen LogP contribution in [0.2, 0.25) is 5.02 Å². The number of hydrogen-bond acceptors (Lipinski definition) is 5. The third kappa shape index (κ3) is 5.02. The van der Waals surface area contributed by atoms with Gasteiger partial charge in [0, 0.05) is 23.8 Å². The quantitative estimate of drug-likeness (QED) is 0.770. The second kappa shape index (κ2) is 8.91. The van der Waals surface area contributed by atoms with Crippen LogP contribution in [0.5, 0.6) is 5.75 Å². The van der Waals surface area contributed by atoms with E-state index in [1.807, 2.05) is 0 Å². The van der Waals surface area contributed by atoms with Crippen LogP contribution in [0.25, 0.3) is 0 Å². The lowest BCUT2D eigenvalue weighted by Gasteiger charge is -2.26. The van der Waals surface area contributed by atoms with Crippen molar-refractivity contribution in [3.05, 3.63) is 53.1 Å². The molecule has 1 saturated heterocycles. The Kier molecular flexibility index (Phi) is 6.56. The van der Waals surface area contributed by atoms with Crippen molar-refractivity contribution in [3.8, 4) is 5.75 Å². The normalized spacial score (nSPS) is 15.2. The first-order valence-electron chi connectivity index (χ1n) is 8.73. The minimum absolute atomic E-state index is 0.197. The van der Waals surface area contributed by atoms with Gasteiger partial charge in [0.05, 0.1) is 18.1 Å². The summed E-state index contributed by atoms with van der Waals surface area (Å²) >= 11 is 5.89. The number of ether oxygens (including phenoxy) is 2. The molecule has 1 aliphatic rings. The van der Waals surface area contributed by atoms with Crippen molar-refractivity contribution in [3.63, 3.8) is 0 Å². The van der Waals surface area contributed by atoms with Crippen molar-refractivity contribution in [2.24, 2.45) is 0 Å². The third-order valence-corrected chi connectivity index (χ3v) is 6.35. The predicted octanol–water partition coefficient (Wildman–Crippen LogP) is 2.69. The first-order chi connectivity index (χ1) is 13.4. The molecule has 0 atom stereocenters. The van der Waals surface area contributed by atoms with Crippen molar-refractivity contribution in [1.82, 2.24) is 4.31 Å². The molecule has 1 N–H and O–H groups in total. The molecular weight excluding hydrogens is 404 g/mol. The number of morpholine rings is 1. The largest absolute Gasteiger partial charge is 0.483 e. The van der Waals surface area contributed by atoms with E-state index in [1.165, 1.54) is 10.4 Å². The SMILES string of the molecule is Cc1cc(S(=O)(=O)N2CCOCC2)ccc1OCC(=O)Nc1cccc(Cl)c1. The van der Waals surface area contributed by atoms with E-state index >= 15 is 0 Å². The highest BCUT2D eigenvalue weighted by Crippen LogP contribution is 2.24. The standard InChI is InChI=1S/C19H21ClN2O5S/c1-14-11-17(28(24,25)22-7-9-26-10-8-22)5-6-18(14)27-13-19(23)21-16-4-2-3-15(20)12-16/h2-6,11-12H,7-10,13H2,1H3,(H,21,23). The summed E-state index contributed by atoms with van der Waals surface area (Å²) in [4.78, 5) is 12.2. The number of nitrogens with one attached hydrogen (secondary N) is 1. The van der Waals surface area contributed by atoms with Gasteiger partial charge in [-0.05, 0) is 48.9 Å². The Hall–Kier alpha value is -2.13. The fraction of sp³-hybridized carbons (Fsp3) is 0.316. The van der Waals surface area contributed by atoms with Crippen molar-refractivity contribution in [1.29, 1.82) is 0 Å². The van der Waals surface area contributed by atoms with Gasteiger partial charge in [0.25, 0.3) is 5.91 Å². The smallest absolute Gasteiger partial charge is 0.262 e. The van der Waals surface area contributed by atoms with Crippen LogP contribution in [0.3, 0.4) is 0 Å². The Bertz CT molecular complexity index is 959. The number of benzene rings is 2. The summed E-state index contributed by atoms with van der Waals surface area (Å²) < 4.78 is 37.6. The highest BCUT2D eigenvalue weighted by atomic mass is 35.5. The van der Waals surface area contributed by atoms with Crippen molar-refractivity contribution in [2.45, 2.75) is 11.8 Å². The first kappa shape index (κ1) is 20.6. The number of aryl methyl sites for hydroxylation is 1. The molecule has 7 nitrogen and oxygen atoms in total. The minimum Gasteiger partial charge on any atom is -0.483 e. The van der Waals surface area contributed by atoms with Gasteiger partial charge in [-0.2, -0.15) is 4.31 Å². The van der Waals surface area contributed by atoms with E-state index in [9.17, 15) is 13.2 Å². The van der Waals surface area contributed by atoms with E-state index < -0.39 is 10.0 Å². The molecule has 0 saturated carbocycles. The molecule has 1 amide bonds. The number of amides is 1. The van der Waals surface area contributed by atoms with Gasteiger partial charge < -0.3 is 14.8 Å². The maximum atomic E-state index is 12.7. The van der Waals surface area contributed by atoms with Crippen LogP contribution in [-0.2, 0) is 19.6 Å². The molecule has 2 aromatic rings. The number of halogens is 1. The van der Waals surface area contributed by atoms with E-state index in [-0.39, 0.29) is 17.4 Å². The number of sulfonamides is 1. The average Bonchev–Trinajstić information content (AvgIpc) is 2.67. The summed E-state index contributed by atoms with van der Waals surface area (Å²) in [5.41, 5.74) is 1.20. The molecule has 3 rings (SSSR count). The third-order valence-electron chi connectivity index (χ3n) is 4.22. The van der Waals surface area contributed by atoms with Crippen LogP contribution < -0.4 is 10.1 Å². The molecular formula is C19H21ClN2O5S. The summed E-state index contributed by atoms with van der Waals surface area (Å²) in [6.45, 7) is 2.99. The molecule has 0 unspecified atom stereocenters. The summed E-state index contributed by atoms with van der Waals surface area (Å²) in [7, 11) is -3.57. The lowest BCUT2D eigenvalue weighted by Crippen LogP contribution is -2.40. The number of anilines is 1. The van der Waals surface area contributed by atoms with Crippen LogP contribution in [-0.4, -0.2) is 51.5 Å². The molecule has 1 aliphatic heterocycles. The molecule has 0 spiro atoms. The average molecular weight is 425 g/mol. The summed E-state index contributed by atoms with van der Waals surface area (Å²) in [5.74, 6) is 0.105. The van der Waals surface area contributed by atoms with Crippen molar-refractivity contribution < 1.29 is 22.7 Å². The monoisotopic (exact) mass is 424 g/mol. The summed E-state index contributed by atoms with van der Waals surface area (Å²) in [6, 6.07) is 11.4. The predicted molar refractivity (Wildman–Crippen MR) is 106 cm³/mol. The molecule has 0 aromatic heterocycles. The molecule has 0 aliphatic carbocycles. The maximum Gasteiger partial charge on any atom is 0.262 e. The lowest BCUT2D eigenvalue weighted by atomic mass is 10.2. The van der Waals surface area contributed by atoms with Gasteiger partial charge in [-0.25, -0.2) is 8.42 Å². The van der Waals surface area contributed by atoms with Crippen LogP contribution in [0.1, 0.15) is 5.56 Å². The molecule has 150 valence electrons. The van der Waals surface area contributed by atoms with Gasteiger partial charge in [0.2, 0.25) is 10.0 Å². The van der Waals surface area contributed by atoms with Crippen LogP contribution >= 0.6 is 11.6 Å². The zero-order valence-corrected chi connectivity index (χ0v) is 16.9. The highest BCUT2D eigenvalue weighted by Gasteiger charge is 2.26. The Balaban J connectivity index is 1.63. The Morgan fingerprint density at radius 1 is 1.21 bits per heavy atom. The number of hydrogen-bond donors (Lipinski definition) is 1. The Labute approximate surface area is 169 Å². The van der Waals surface area contributed by atoms with Gasteiger partial charge in [-0.1, -0.05) is 17.7 Å². The lowest BCUT2D eigenvalue weighted by molar-refractivity contribution is -0.118. The Morgan fingerprint density at radius 3 is 2.64 bits per heavy atom. The van der Waals surface area contributed by atoms with E-state index in [1.54, 1.807) is 43.3 Å². The highest BCUT2D eigenvalue weighted by molar-refractivity contribution is 7.89. The van der Waals surface area contributed by atoms with E-state index in [2.05, 4.69) is 5.32 Å². The second-order valence-electron chi connectivity index (χ2n) is 6.29. The van der Waals surface area contributed by atoms with E-state index in [0.717, 1.165) is 0 Å². The molecule has 0 bridgehead atoms. The number of rotatable bonds is 6. The van der Waals surface area contributed by atoms with Crippen molar-refractivity contribution >= 4 is 33.2 Å². The number of carbonyl (C=O) groups is 1. The van der Waals surface area contributed by atoms with Gasteiger partial charge in [-0.3, -0.25) is 4.79 Å². The number of carbonyl (C=O) groups excluding carboxylic acids is 1. The molecule has 0 radical (unpaired) electrons. The molecule has 28 heavy (non-hydrogen) atoms. The fourth-order valence-electron chi connectivity index (χ4n) is 2.79. The molecule has 9 heteroatoms. The number of nitrogens with zero attached hydrogens (tertiary/aromatic N) is 1. The second-order valence-corrected chi connectivity index (χ2v) is 8.67. The molecule has 1 heterocycles. The zero-order valence-electron chi connectivity index (χ0n) is 15.4. The minimum atomic E-state index is -3.57. The molecule has 1 fully saturated rings. The topological polar surface area (TPSA) is 84.9 Å². The van der Waals surface area contributed by atoms with Crippen LogP contribution in [0, 0.1) is 6.92 Å². The summed E-state index contributed by atoms with van der Waals surface area (Å²) in [5, 5.41) is 3.21. The first-order valence-corrected chi connectivity index (χ1v) is 10.5. The maximum absolute atomic E-state index is 12.7. The van der Waals surface area contributed by atoms with E-state index in [0.29, 0.717) is 48.3 Å². The van der Waals surface area contributed by atoms with Gasteiger partial charge in [0.15, 0.2) is 6.61 Å². The van der Waals surface area contributed by atoms with Gasteiger partial charge >= 0.3 is 0 Å². The van der Waals surface area contributed by atoms with Crippen LogP contribution in [0.15, 0.2) is 47.4 Å². The van der Waals surface area contributed by atoms with Crippen LogP contribution in [0.4, 0.5) is 5.69 Å². The van der Waals surface area contributed by atoms with Crippen molar-refractivity contribution in [2.75, 3.05) is 38.2 Å². The molecule has 2 aromatic carbocycles. The zero-order chi connectivity index (χ0) is 20.1. The van der Waals surface area contributed by atoms with E-state index in [4.69, 9.17) is 21.1 Å². The summed E-state index contributed by atoms with van der Waals surface area (Å²) in [6.07, 6.45) is 0. The van der Waals surface area contributed by atoms with Gasteiger partial charge in [0.1, 0.15) is 5.75 Å².